The molecule has 8 rings (SSSR count). The first-order valence-electron chi connectivity index (χ1n) is 19.3. The van der Waals surface area contributed by atoms with Crippen molar-refractivity contribution in [1.29, 1.82) is 0 Å². The van der Waals surface area contributed by atoms with E-state index in [2.05, 4.69) is 174 Å². The Hall–Kier alpha value is -6.65. The number of hydrogen-bond donors (Lipinski definition) is 0. The minimum atomic E-state index is 0.0573. The monoisotopic (exact) mass is 726 g/mol. The molecule has 0 bridgehead atoms. The van der Waals surface area contributed by atoms with Gasteiger partial charge in [0.25, 0.3) is 0 Å². The Morgan fingerprint density at radius 2 is 0.821 bits per heavy atom. The van der Waals surface area contributed by atoms with Crippen molar-refractivity contribution in [1.82, 2.24) is 15.0 Å². The van der Waals surface area contributed by atoms with Crippen molar-refractivity contribution < 1.29 is 0 Å². The van der Waals surface area contributed by atoms with Crippen LogP contribution >= 0.6 is 0 Å². The normalized spacial score (nSPS) is 11.2. The van der Waals surface area contributed by atoms with Gasteiger partial charge in [-0.1, -0.05) is 157 Å². The zero-order valence-electron chi connectivity index (χ0n) is 33.0. The lowest BCUT2D eigenvalue weighted by Gasteiger charge is -2.29. The largest absolute Gasteiger partial charge is 0.278 e. The molecule has 8 aromatic rings. The smallest absolute Gasteiger partial charge is 0.238 e. The molecule has 4 heteroatoms. The van der Waals surface area contributed by atoms with E-state index in [-0.39, 0.29) is 5.92 Å². The molecule has 0 radical (unpaired) electrons. The number of hydrogen-bond acceptors (Lipinski definition) is 4. The summed E-state index contributed by atoms with van der Waals surface area (Å²) in [5.41, 5.74) is 17.7. The van der Waals surface area contributed by atoms with Crippen LogP contribution in [0.25, 0.3) is 33.9 Å². The highest BCUT2D eigenvalue weighted by atomic mass is 15.3. The van der Waals surface area contributed by atoms with E-state index >= 15 is 0 Å². The van der Waals surface area contributed by atoms with Crippen LogP contribution < -0.4 is 4.90 Å². The van der Waals surface area contributed by atoms with Crippen LogP contribution in [0.4, 0.5) is 17.3 Å². The predicted octanol–water partition coefficient (Wildman–Crippen LogP) is 13.4. The van der Waals surface area contributed by atoms with E-state index in [9.17, 15) is 0 Å². The van der Waals surface area contributed by atoms with E-state index in [1.165, 1.54) is 50.1 Å². The molecule has 0 aliphatic rings. The van der Waals surface area contributed by atoms with Crippen LogP contribution in [0.2, 0.25) is 0 Å². The first-order valence-corrected chi connectivity index (χ1v) is 19.3. The van der Waals surface area contributed by atoms with Gasteiger partial charge in [-0.25, -0.2) is 4.98 Å². The Bertz CT molecular complexity index is 2470. The second kappa shape index (κ2) is 15.6. The molecule has 0 aliphatic heterocycles. The first kappa shape index (κ1) is 36.3. The van der Waals surface area contributed by atoms with Crippen LogP contribution in [0.15, 0.2) is 164 Å². The second-order valence-electron chi connectivity index (χ2n) is 14.9. The van der Waals surface area contributed by atoms with Crippen LogP contribution in [0.3, 0.4) is 0 Å². The minimum Gasteiger partial charge on any atom is -0.278 e. The Balaban J connectivity index is 1.36. The molecular formula is C52H46N4. The SMILES string of the molecule is Cc1cc(C)c(C(c2ccc(N(c3nc(-c4ccccc4)nc(-c4ccccc4)n3)c3ccccc3-c3ccccc3)cc2)c2c(C)cc(C)cc2C)c(C)c1. The molecule has 4 nitrogen and oxygen atoms in total. The van der Waals surface area contributed by atoms with E-state index in [0.717, 1.165) is 33.6 Å². The summed E-state index contributed by atoms with van der Waals surface area (Å²) in [6, 6.07) is 57.7. The molecule has 7 aromatic carbocycles. The maximum absolute atomic E-state index is 5.24. The average Bonchev–Trinajstić information content (AvgIpc) is 3.21. The number of para-hydroxylation sites is 1. The molecule has 0 spiro atoms. The molecule has 0 saturated heterocycles. The lowest BCUT2D eigenvalue weighted by atomic mass is 9.77. The van der Waals surface area contributed by atoms with Crippen LogP contribution in [0.1, 0.15) is 56.0 Å². The molecule has 0 N–H and O–H groups in total. The van der Waals surface area contributed by atoms with Crippen molar-refractivity contribution in [2.24, 2.45) is 0 Å². The summed E-state index contributed by atoms with van der Waals surface area (Å²) in [7, 11) is 0. The van der Waals surface area contributed by atoms with Crippen LogP contribution in [0.5, 0.6) is 0 Å². The number of aromatic nitrogens is 3. The highest BCUT2D eigenvalue weighted by molar-refractivity contribution is 5.87. The van der Waals surface area contributed by atoms with Gasteiger partial charge in [0.2, 0.25) is 5.95 Å². The van der Waals surface area contributed by atoms with Crippen molar-refractivity contribution in [3.63, 3.8) is 0 Å². The summed E-state index contributed by atoms with van der Waals surface area (Å²) in [6.45, 7) is 13.4. The fourth-order valence-electron chi connectivity index (χ4n) is 8.38. The number of anilines is 3. The van der Waals surface area contributed by atoms with E-state index in [1.54, 1.807) is 0 Å². The second-order valence-corrected chi connectivity index (χ2v) is 14.9. The third kappa shape index (κ3) is 7.26. The third-order valence-corrected chi connectivity index (χ3v) is 10.7. The predicted molar refractivity (Wildman–Crippen MR) is 233 cm³/mol. The number of rotatable bonds is 9. The van der Waals surface area contributed by atoms with Gasteiger partial charge in [-0.05, 0) is 104 Å². The summed E-state index contributed by atoms with van der Waals surface area (Å²) in [4.78, 5) is 17.7. The third-order valence-electron chi connectivity index (χ3n) is 10.7. The van der Waals surface area contributed by atoms with Crippen molar-refractivity contribution in [2.75, 3.05) is 4.90 Å². The Kier molecular flexibility index (Phi) is 10.1. The summed E-state index contributed by atoms with van der Waals surface area (Å²) < 4.78 is 0. The van der Waals surface area contributed by atoms with Crippen LogP contribution in [-0.2, 0) is 0 Å². The molecule has 0 fully saturated rings. The standard InChI is InChI=1S/C52H46N4/c1-34-30-36(3)47(37(4)31-34)49(48-38(5)32-35(2)33-39(48)6)41-26-28-44(29-27-41)56(46-25-17-16-24-45(46)40-18-10-7-11-19-40)52-54-50(42-20-12-8-13-21-42)53-51(55-52)43-22-14-9-15-23-43/h7-33,49H,1-6H3. The highest BCUT2D eigenvalue weighted by Gasteiger charge is 2.26. The van der Waals surface area contributed by atoms with Crippen molar-refractivity contribution in [3.8, 4) is 33.9 Å². The maximum Gasteiger partial charge on any atom is 0.238 e. The first-order chi connectivity index (χ1) is 27.2. The number of benzene rings is 7. The fraction of sp³-hybridized carbons (Fsp3) is 0.135. The van der Waals surface area contributed by atoms with E-state index in [4.69, 9.17) is 15.0 Å². The van der Waals surface area contributed by atoms with E-state index in [1.807, 2.05) is 36.4 Å². The molecule has 0 aliphatic carbocycles. The summed E-state index contributed by atoms with van der Waals surface area (Å²) >= 11 is 0. The maximum atomic E-state index is 5.24. The molecule has 0 saturated carbocycles. The molecule has 56 heavy (non-hydrogen) atoms. The summed E-state index contributed by atoms with van der Waals surface area (Å²) in [5, 5.41) is 0. The van der Waals surface area contributed by atoms with Crippen molar-refractivity contribution >= 4 is 17.3 Å². The average molecular weight is 727 g/mol. The van der Waals surface area contributed by atoms with Gasteiger partial charge in [-0.3, -0.25) is 4.90 Å². The Labute approximate surface area is 331 Å². The van der Waals surface area contributed by atoms with Gasteiger partial charge in [0.15, 0.2) is 11.6 Å². The minimum absolute atomic E-state index is 0.0573. The number of nitrogens with zero attached hydrogens (tertiary/aromatic N) is 4. The fourth-order valence-corrected chi connectivity index (χ4v) is 8.38. The topological polar surface area (TPSA) is 41.9 Å². The lowest BCUT2D eigenvalue weighted by molar-refractivity contribution is 0.919. The van der Waals surface area contributed by atoms with Crippen molar-refractivity contribution in [2.45, 2.75) is 47.5 Å². The zero-order chi connectivity index (χ0) is 38.8. The van der Waals surface area contributed by atoms with Gasteiger partial charge >= 0.3 is 0 Å². The molecule has 1 heterocycles. The van der Waals surface area contributed by atoms with Gasteiger partial charge in [0.05, 0.1) is 5.69 Å². The summed E-state index contributed by atoms with van der Waals surface area (Å²) in [6.07, 6.45) is 0. The van der Waals surface area contributed by atoms with Gasteiger partial charge in [-0.15, -0.1) is 0 Å². The van der Waals surface area contributed by atoms with Crippen LogP contribution in [-0.4, -0.2) is 15.0 Å². The quantitative estimate of drug-likeness (QED) is 0.139. The Morgan fingerprint density at radius 1 is 0.411 bits per heavy atom. The van der Waals surface area contributed by atoms with E-state index in [0.29, 0.717) is 17.6 Å². The van der Waals surface area contributed by atoms with E-state index < -0.39 is 0 Å². The number of aryl methyl sites for hydroxylation is 6. The Morgan fingerprint density at radius 3 is 1.29 bits per heavy atom. The molecule has 0 atom stereocenters. The molecule has 274 valence electrons. The highest BCUT2D eigenvalue weighted by Crippen LogP contribution is 2.43. The molecular weight excluding hydrogens is 681 g/mol. The summed E-state index contributed by atoms with van der Waals surface area (Å²) in [5.74, 6) is 1.83. The van der Waals surface area contributed by atoms with Gasteiger partial charge in [-0.2, -0.15) is 9.97 Å². The van der Waals surface area contributed by atoms with Crippen molar-refractivity contribution in [3.05, 3.63) is 214 Å². The van der Waals surface area contributed by atoms with Gasteiger partial charge < -0.3 is 0 Å². The van der Waals surface area contributed by atoms with Gasteiger partial charge in [0.1, 0.15) is 0 Å². The zero-order valence-corrected chi connectivity index (χ0v) is 33.0. The lowest BCUT2D eigenvalue weighted by Crippen LogP contribution is -2.16. The molecule has 1 aromatic heterocycles. The molecule has 0 unspecified atom stereocenters. The van der Waals surface area contributed by atoms with Crippen LogP contribution in [0, 0.1) is 41.5 Å². The molecule has 0 amide bonds. The van der Waals surface area contributed by atoms with Gasteiger partial charge in [0, 0.05) is 28.3 Å².